The number of unbranched alkanes of at least 4 members (excludes halogenated alkanes) is 2. The van der Waals surface area contributed by atoms with E-state index in [1.807, 2.05) is 48.5 Å². The lowest BCUT2D eigenvalue weighted by Crippen LogP contribution is -2.42. The number of aryl methyl sites for hydroxylation is 2. The lowest BCUT2D eigenvalue weighted by Gasteiger charge is -2.28. The summed E-state index contributed by atoms with van der Waals surface area (Å²) in [6.45, 7) is 0.411. The summed E-state index contributed by atoms with van der Waals surface area (Å²) in [7, 11) is -8.40. The normalized spacial score (nSPS) is 11.7. The first-order valence-electron chi connectivity index (χ1n) is 14.0. The van der Waals surface area contributed by atoms with E-state index in [-0.39, 0.29) is 13.1 Å². The van der Waals surface area contributed by atoms with Gasteiger partial charge in [-0.2, -0.15) is 0 Å². The molecule has 0 amide bonds. The van der Waals surface area contributed by atoms with Crippen LogP contribution in [0.2, 0.25) is 0 Å². The van der Waals surface area contributed by atoms with Crippen molar-refractivity contribution in [3.8, 4) is 0 Å². The predicted octanol–water partition coefficient (Wildman–Crippen LogP) is 6.66. The molecule has 41 heavy (non-hydrogen) atoms. The van der Waals surface area contributed by atoms with Crippen LogP contribution in [0.25, 0.3) is 0 Å². The zero-order valence-corrected chi connectivity index (χ0v) is 24.9. The van der Waals surface area contributed by atoms with Gasteiger partial charge in [0.1, 0.15) is 0 Å². The maximum absolute atomic E-state index is 13.8. The summed E-state index contributed by atoms with van der Waals surface area (Å²) < 4.78 is 57.6. The standard InChI is InChI=1S/C33H38N2O4S2/c36-40(37,34(32-23-9-3-10-24-32)27-15-13-21-30-17-5-1-6-18-30)29-41(38,39)35(33-25-11-4-12-26-33)28-16-14-22-31-19-7-2-8-20-31/h1-12,17-20,23-26H,13-16,21-22,27-29H2. The van der Waals surface area contributed by atoms with Crippen LogP contribution < -0.4 is 8.61 Å². The molecule has 0 unspecified atom stereocenters. The highest BCUT2D eigenvalue weighted by atomic mass is 32.3. The van der Waals surface area contributed by atoms with Crippen LogP contribution in [-0.4, -0.2) is 35.0 Å². The fourth-order valence-electron chi connectivity index (χ4n) is 4.82. The van der Waals surface area contributed by atoms with Crippen molar-refractivity contribution in [1.29, 1.82) is 0 Å². The van der Waals surface area contributed by atoms with Gasteiger partial charge in [-0.25, -0.2) is 16.8 Å². The van der Waals surface area contributed by atoms with Crippen molar-refractivity contribution in [2.75, 3.05) is 26.8 Å². The first kappa shape index (κ1) is 30.3. The molecule has 0 aliphatic carbocycles. The van der Waals surface area contributed by atoms with Gasteiger partial charge in [-0.3, -0.25) is 8.61 Å². The molecule has 216 valence electrons. The van der Waals surface area contributed by atoms with Gasteiger partial charge in [0, 0.05) is 13.1 Å². The number of nitrogens with zero attached hydrogens (tertiary/aromatic N) is 2. The predicted molar refractivity (Wildman–Crippen MR) is 169 cm³/mol. The lowest BCUT2D eigenvalue weighted by atomic mass is 10.1. The molecule has 8 heteroatoms. The van der Waals surface area contributed by atoms with Crippen molar-refractivity contribution in [2.24, 2.45) is 0 Å². The van der Waals surface area contributed by atoms with E-state index in [2.05, 4.69) is 24.3 Å². The fourth-order valence-corrected chi connectivity index (χ4v) is 9.04. The number of hydrogen-bond acceptors (Lipinski definition) is 4. The number of benzene rings is 4. The first-order valence-corrected chi connectivity index (χ1v) is 17.3. The van der Waals surface area contributed by atoms with Crippen molar-refractivity contribution >= 4 is 31.4 Å². The Morgan fingerprint density at radius 2 is 0.732 bits per heavy atom. The van der Waals surface area contributed by atoms with Gasteiger partial charge in [-0.05, 0) is 73.9 Å². The van der Waals surface area contributed by atoms with Crippen LogP contribution >= 0.6 is 0 Å². The third-order valence-electron chi connectivity index (χ3n) is 6.90. The number of para-hydroxylation sites is 2. The fraction of sp³-hybridized carbons (Fsp3) is 0.273. The Morgan fingerprint density at radius 3 is 1.07 bits per heavy atom. The molecule has 0 fully saturated rings. The molecule has 0 radical (unpaired) electrons. The smallest absolute Gasteiger partial charge is 0.251 e. The van der Waals surface area contributed by atoms with E-state index in [0.717, 1.165) is 25.7 Å². The van der Waals surface area contributed by atoms with Gasteiger partial charge in [0.15, 0.2) is 5.08 Å². The SMILES string of the molecule is O=S(=O)(CS(=O)(=O)N(CCCCc1ccccc1)c1ccccc1)N(CCCCc1ccccc1)c1ccccc1. The molecular weight excluding hydrogens is 553 g/mol. The summed E-state index contributed by atoms with van der Waals surface area (Å²) in [6, 6.07) is 37.6. The molecule has 4 aromatic carbocycles. The van der Waals surface area contributed by atoms with Crippen LogP contribution in [0, 0.1) is 0 Å². The molecule has 0 heterocycles. The Bertz CT molecular complexity index is 1410. The van der Waals surface area contributed by atoms with Crippen molar-refractivity contribution in [3.05, 3.63) is 132 Å². The quantitative estimate of drug-likeness (QED) is 0.137. The van der Waals surface area contributed by atoms with Gasteiger partial charge in [0.25, 0.3) is 20.0 Å². The minimum absolute atomic E-state index is 0.205. The van der Waals surface area contributed by atoms with Crippen LogP contribution in [-0.2, 0) is 32.9 Å². The van der Waals surface area contributed by atoms with E-state index in [4.69, 9.17) is 0 Å². The highest BCUT2D eigenvalue weighted by Gasteiger charge is 2.33. The molecule has 6 nitrogen and oxygen atoms in total. The topological polar surface area (TPSA) is 74.8 Å². The van der Waals surface area contributed by atoms with E-state index in [1.54, 1.807) is 48.5 Å². The molecule has 0 aliphatic rings. The third kappa shape index (κ3) is 9.20. The van der Waals surface area contributed by atoms with Gasteiger partial charge in [-0.15, -0.1) is 0 Å². The van der Waals surface area contributed by atoms with Crippen LogP contribution in [0.4, 0.5) is 11.4 Å². The van der Waals surface area contributed by atoms with Crippen LogP contribution in [0.5, 0.6) is 0 Å². The van der Waals surface area contributed by atoms with Gasteiger partial charge < -0.3 is 0 Å². The Morgan fingerprint density at radius 1 is 0.415 bits per heavy atom. The zero-order valence-electron chi connectivity index (χ0n) is 23.3. The van der Waals surface area contributed by atoms with E-state index < -0.39 is 25.1 Å². The molecule has 4 rings (SSSR count). The monoisotopic (exact) mass is 590 g/mol. The summed E-state index contributed by atoms with van der Waals surface area (Å²) in [5, 5.41) is -0.999. The summed E-state index contributed by atoms with van der Waals surface area (Å²) in [4.78, 5) is 0. The van der Waals surface area contributed by atoms with Crippen molar-refractivity contribution < 1.29 is 16.8 Å². The average molecular weight is 591 g/mol. The Labute approximate surface area is 245 Å². The first-order chi connectivity index (χ1) is 19.9. The number of anilines is 2. The second-order valence-electron chi connectivity index (χ2n) is 10.0. The number of sulfonamides is 2. The largest absolute Gasteiger partial charge is 0.269 e. The minimum atomic E-state index is -4.20. The van der Waals surface area contributed by atoms with Gasteiger partial charge >= 0.3 is 0 Å². The van der Waals surface area contributed by atoms with Crippen molar-refractivity contribution in [1.82, 2.24) is 0 Å². The molecule has 0 spiro atoms. The highest BCUT2D eigenvalue weighted by molar-refractivity contribution is 8.09. The van der Waals surface area contributed by atoms with Crippen molar-refractivity contribution in [3.63, 3.8) is 0 Å². The third-order valence-corrected chi connectivity index (χ3v) is 11.4. The molecular formula is C33H38N2O4S2. The van der Waals surface area contributed by atoms with Crippen LogP contribution in [0.3, 0.4) is 0 Å². The summed E-state index contributed by atoms with van der Waals surface area (Å²) >= 11 is 0. The van der Waals surface area contributed by atoms with Gasteiger partial charge in [0.05, 0.1) is 11.4 Å². The Hall–Kier alpha value is -3.62. The maximum Gasteiger partial charge on any atom is 0.251 e. The van der Waals surface area contributed by atoms with Crippen LogP contribution in [0.1, 0.15) is 36.8 Å². The number of rotatable bonds is 16. The van der Waals surface area contributed by atoms with Gasteiger partial charge in [0.2, 0.25) is 0 Å². The van der Waals surface area contributed by atoms with E-state index in [1.165, 1.54) is 19.7 Å². The van der Waals surface area contributed by atoms with E-state index >= 15 is 0 Å². The molecule has 0 aliphatic heterocycles. The van der Waals surface area contributed by atoms with E-state index in [0.29, 0.717) is 24.2 Å². The van der Waals surface area contributed by atoms with Crippen molar-refractivity contribution in [2.45, 2.75) is 38.5 Å². The molecule has 0 aromatic heterocycles. The molecule has 0 N–H and O–H groups in total. The number of hydrogen-bond donors (Lipinski definition) is 0. The van der Waals surface area contributed by atoms with Crippen LogP contribution in [0.15, 0.2) is 121 Å². The molecule has 0 saturated carbocycles. The molecule has 0 atom stereocenters. The minimum Gasteiger partial charge on any atom is -0.269 e. The zero-order chi connectivity index (χ0) is 29.0. The second-order valence-corrected chi connectivity index (χ2v) is 14.2. The van der Waals surface area contributed by atoms with E-state index in [9.17, 15) is 16.8 Å². The summed E-state index contributed by atoms with van der Waals surface area (Å²) in [6.07, 6.45) is 4.43. The lowest BCUT2D eigenvalue weighted by molar-refractivity contribution is 0.580. The van der Waals surface area contributed by atoms with Gasteiger partial charge in [-0.1, -0.05) is 97.1 Å². The second kappa shape index (κ2) is 14.8. The Kier molecular flexibility index (Phi) is 11.0. The molecule has 0 bridgehead atoms. The molecule has 0 saturated heterocycles. The molecule has 4 aromatic rings. The summed E-state index contributed by atoms with van der Waals surface area (Å²) in [5.74, 6) is 0. The Balaban J connectivity index is 1.48. The summed E-state index contributed by atoms with van der Waals surface area (Å²) in [5.41, 5.74) is 3.32. The average Bonchev–Trinajstić information content (AvgIpc) is 2.98. The maximum atomic E-state index is 13.8. The highest BCUT2D eigenvalue weighted by Crippen LogP contribution is 2.24.